The van der Waals surface area contributed by atoms with Gasteiger partial charge in [0.25, 0.3) is 0 Å². The molecule has 3 atom stereocenters. The summed E-state index contributed by atoms with van der Waals surface area (Å²) in [4.78, 5) is 26.2. The number of ether oxygens (including phenoxy) is 1. The fourth-order valence-electron chi connectivity index (χ4n) is 5.06. The normalized spacial score (nSPS) is 21.7. The lowest BCUT2D eigenvalue weighted by molar-refractivity contribution is -0.533. The minimum absolute atomic E-state index is 0.246. The van der Waals surface area contributed by atoms with Gasteiger partial charge in [-0.15, -0.1) is 0 Å². The number of carbonyl (C=O) groups excluding carboxylic acids is 1. The van der Waals surface area contributed by atoms with Crippen LogP contribution in [0.15, 0.2) is 84.9 Å². The van der Waals surface area contributed by atoms with Gasteiger partial charge in [0, 0.05) is 4.92 Å². The summed E-state index contributed by atoms with van der Waals surface area (Å²) in [5, 5.41) is 16.3. The molecule has 1 aliphatic heterocycles. The van der Waals surface area contributed by atoms with E-state index in [1.165, 1.54) is 0 Å². The van der Waals surface area contributed by atoms with Crippen LogP contribution >= 0.6 is 0 Å². The van der Waals surface area contributed by atoms with Crippen LogP contribution in [0.1, 0.15) is 48.9 Å². The zero-order valence-electron chi connectivity index (χ0n) is 19.9. The first-order valence-corrected chi connectivity index (χ1v) is 11.4. The maximum absolute atomic E-state index is 13.5. The van der Waals surface area contributed by atoms with Gasteiger partial charge in [-0.05, 0) is 44.4 Å². The average Bonchev–Trinajstić information content (AvgIpc) is 3.17. The van der Waals surface area contributed by atoms with E-state index in [1.54, 1.807) is 20.8 Å². The third-order valence-electron chi connectivity index (χ3n) is 6.30. The SMILES string of the molecule is Cc1cccc([C@@H]2[C@@H](C(=O)OC(C)(C)C)NC(c3ccccc3)(c3ccccc3)[C@H]2[N+](=O)[O-])c1. The monoisotopic (exact) mass is 458 g/mol. The zero-order valence-corrected chi connectivity index (χ0v) is 19.9. The Hall–Kier alpha value is -3.51. The second-order valence-electron chi connectivity index (χ2n) is 9.87. The molecular weight excluding hydrogens is 428 g/mol. The van der Waals surface area contributed by atoms with E-state index in [0.29, 0.717) is 0 Å². The van der Waals surface area contributed by atoms with Gasteiger partial charge in [0.15, 0.2) is 0 Å². The summed E-state index contributed by atoms with van der Waals surface area (Å²) >= 11 is 0. The molecule has 0 saturated carbocycles. The number of hydrogen-bond acceptors (Lipinski definition) is 5. The molecule has 1 saturated heterocycles. The van der Waals surface area contributed by atoms with Crippen molar-refractivity contribution >= 4 is 5.97 Å². The lowest BCUT2D eigenvalue weighted by Gasteiger charge is -2.33. The quantitative estimate of drug-likeness (QED) is 0.331. The van der Waals surface area contributed by atoms with Gasteiger partial charge in [0.1, 0.15) is 17.2 Å². The van der Waals surface area contributed by atoms with E-state index in [1.807, 2.05) is 91.9 Å². The molecule has 4 rings (SSSR count). The molecule has 6 heteroatoms. The molecule has 0 aromatic heterocycles. The Kier molecular flexibility index (Phi) is 6.28. The summed E-state index contributed by atoms with van der Waals surface area (Å²) in [6, 6.07) is 24.2. The molecule has 1 N–H and O–H groups in total. The highest BCUT2D eigenvalue weighted by molar-refractivity contribution is 5.79. The van der Waals surface area contributed by atoms with Gasteiger partial charge in [0.2, 0.25) is 6.04 Å². The first-order chi connectivity index (χ1) is 16.1. The minimum Gasteiger partial charge on any atom is -0.459 e. The maximum Gasteiger partial charge on any atom is 0.324 e. The predicted molar refractivity (Wildman–Crippen MR) is 131 cm³/mol. The van der Waals surface area contributed by atoms with Crippen LogP contribution in [0.2, 0.25) is 0 Å². The van der Waals surface area contributed by atoms with E-state index in [9.17, 15) is 14.9 Å². The third-order valence-corrected chi connectivity index (χ3v) is 6.30. The summed E-state index contributed by atoms with van der Waals surface area (Å²) in [5.74, 6) is -1.25. The number of esters is 1. The first kappa shape index (κ1) is 23.6. The highest BCUT2D eigenvalue weighted by atomic mass is 16.6. The molecule has 1 fully saturated rings. The van der Waals surface area contributed by atoms with Gasteiger partial charge in [-0.25, -0.2) is 0 Å². The number of rotatable bonds is 5. The van der Waals surface area contributed by atoms with Crippen LogP contribution in [-0.2, 0) is 15.1 Å². The van der Waals surface area contributed by atoms with Crippen molar-refractivity contribution in [2.24, 2.45) is 0 Å². The van der Waals surface area contributed by atoms with Crippen LogP contribution < -0.4 is 5.32 Å². The Labute approximate surface area is 200 Å². The van der Waals surface area contributed by atoms with Crippen LogP contribution in [0.5, 0.6) is 0 Å². The molecule has 0 amide bonds. The predicted octanol–water partition coefficient (Wildman–Crippen LogP) is 4.98. The van der Waals surface area contributed by atoms with Crippen LogP contribution in [0, 0.1) is 17.0 Å². The molecule has 0 aliphatic carbocycles. The van der Waals surface area contributed by atoms with E-state index < -0.39 is 35.1 Å². The molecule has 34 heavy (non-hydrogen) atoms. The third kappa shape index (κ3) is 4.33. The molecule has 6 nitrogen and oxygen atoms in total. The fourth-order valence-corrected chi connectivity index (χ4v) is 5.06. The average molecular weight is 459 g/mol. The zero-order chi connectivity index (χ0) is 24.5. The van der Waals surface area contributed by atoms with Gasteiger partial charge in [-0.2, -0.15) is 0 Å². The van der Waals surface area contributed by atoms with Crippen molar-refractivity contribution in [3.63, 3.8) is 0 Å². The topological polar surface area (TPSA) is 81.5 Å². The number of benzene rings is 3. The second kappa shape index (κ2) is 9.03. The van der Waals surface area contributed by atoms with Gasteiger partial charge >= 0.3 is 5.97 Å². The van der Waals surface area contributed by atoms with Crippen LogP contribution in [0.3, 0.4) is 0 Å². The second-order valence-corrected chi connectivity index (χ2v) is 9.87. The number of nitrogens with one attached hydrogen (secondary N) is 1. The smallest absolute Gasteiger partial charge is 0.324 e. The molecule has 176 valence electrons. The minimum atomic E-state index is -1.23. The Morgan fingerprint density at radius 2 is 1.50 bits per heavy atom. The molecule has 0 unspecified atom stereocenters. The molecule has 0 bridgehead atoms. The van der Waals surface area contributed by atoms with Gasteiger partial charge in [-0.3, -0.25) is 20.2 Å². The molecule has 1 heterocycles. The van der Waals surface area contributed by atoms with E-state index in [-0.39, 0.29) is 4.92 Å². The summed E-state index contributed by atoms with van der Waals surface area (Å²) < 4.78 is 5.77. The molecule has 0 spiro atoms. The number of nitro groups is 1. The number of aryl methyl sites for hydroxylation is 1. The van der Waals surface area contributed by atoms with E-state index in [4.69, 9.17) is 4.74 Å². The largest absolute Gasteiger partial charge is 0.459 e. The van der Waals surface area contributed by atoms with E-state index in [2.05, 4.69) is 5.32 Å². The van der Waals surface area contributed by atoms with Gasteiger partial charge in [0.05, 0.1) is 5.92 Å². The highest BCUT2D eigenvalue weighted by Gasteiger charge is 2.64. The summed E-state index contributed by atoms with van der Waals surface area (Å²) in [7, 11) is 0. The van der Waals surface area contributed by atoms with Crippen molar-refractivity contribution in [2.75, 3.05) is 0 Å². The standard InChI is InChI=1S/C28H30N2O4/c1-19-12-11-13-20(18-19)23-24(26(31)34-27(2,3)4)29-28(25(23)30(32)33,21-14-7-5-8-15-21)22-16-9-6-10-17-22/h5-18,23-25,29H,1-4H3/t23-,24+,25+/m1/s1. The van der Waals surface area contributed by atoms with Crippen LogP contribution in [0.4, 0.5) is 0 Å². The van der Waals surface area contributed by atoms with E-state index >= 15 is 0 Å². The summed E-state index contributed by atoms with van der Waals surface area (Å²) in [6.45, 7) is 7.34. The Morgan fingerprint density at radius 1 is 0.941 bits per heavy atom. The Balaban J connectivity index is 2.00. The fraction of sp³-hybridized carbons (Fsp3) is 0.321. The Bertz CT molecular complexity index is 1130. The molecule has 3 aromatic carbocycles. The lowest BCUT2D eigenvalue weighted by Crippen LogP contribution is -2.51. The van der Waals surface area contributed by atoms with E-state index in [0.717, 1.165) is 22.3 Å². The summed E-state index contributed by atoms with van der Waals surface area (Å²) in [6.07, 6.45) is 0. The van der Waals surface area contributed by atoms with Crippen molar-refractivity contribution < 1.29 is 14.5 Å². The molecule has 1 aliphatic rings. The molecule has 3 aromatic rings. The number of hydrogen-bond donors (Lipinski definition) is 1. The Morgan fingerprint density at radius 3 is 1.97 bits per heavy atom. The van der Waals surface area contributed by atoms with Gasteiger partial charge in [-0.1, -0.05) is 90.5 Å². The van der Waals surface area contributed by atoms with Crippen molar-refractivity contribution in [1.29, 1.82) is 0 Å². The van der Waals surface area contributed by atoms with Crippen molar-refractivity contribution in [1.82, 2.24) is 5.32 Å². The number of nitrogens with zero attached hydrogens (tertiary/aromatic N) is 1. The molecule has 0 radical (unpaired) electrons. The molecular formula is C28H30N2O4. The van der Waals surface area contributed by atoms with Crippen molar-refractivity contribution in [3.05, 3.63) is 117 Å². The van der Waals surface area contributed by atoms with Crippen LogP contribution in [0.25, 0.3) is 0 Å². The maximum atomic E-state index is 13.5. The van der Waals surface area contributed by atoms with Crippen molar-refractivity contribution in [3.8, 4) is 0 Å². The highest BCUT2D eigenvalue weighted by Crippen LogP contribution is 2.48. The van der Waals surface area contributed by atoms with Crippen molar-refractivity contribution in [2.45, 2.75) is 56.8 Å². The first-order valence-electron chi connectivity index (χ1n) is 11.4. The lowest BCUT2D eigenvalue weighted by atomic mass is 9.74. The van der Waals surface area contributed by atoms with Crippen LogP contribution in [-0.4, -0.2) is 28.6 Å². The summed E-state index contributed by atoms with van der Waals surface area (Å²) in [5.41, 5.74) is 1.20. The number of carbonyl (C=O) groups is 1. The van der Waals surface area contributed by atoms with Gasteiger partial charge < -0.3 is 4.74 Å².